The summed E-state index contributed by atoms with van der Waals surface area (Å²) in [7, 11) is 1.60. The van der Waals surface area contributed by atoms with Crippen LogP contribution in [0, 0.1) is 0 Å². The molecule has 0 saturated carbocycles. The maximum atomic E-state index is 12.8. The molecule has 1 aromatic carbocycles. The highest BCUT2D eigenvalue weighted by Gasteiger charge is 2.23. The van der Waals surface area contributed by atoms with E-state index in [0.29, 0.717) is 30.1 Å². The lowest BCUT2D eigenvalue weighted by molar-refractivity contribution is 0.0931. The Hall–Kier alpha value is -3.00. The number of para-hydroxylation sites is 1. The molecule has 1 N–H and O–H groups in total. The highest BCUT2D eigenvalue weighted by Crippen LogP contribution is 2.24. The number of hydrogen-bond acceptors (Lipinski definition) is 6. The first-order valence-corrected chi connectivity index (χ1v) is 8.86. The standard InChI is InChI=1S/C19H20N4O4/c1-11(19-21-15(22-27-19)7-9-26-2)20-18(25)14-10-23-8-6-12-4-3-5-13(16(12)23)17(14)24/h3-5,10-11H,6-9H2,1-2H3,(H,20,25)/t11-/m0/s1. The van der Waals surface area contributed by atoms with E-state index >= 15 is 0 Å². The molecule has 0 radical (unpaired) electrons. The molecule has 8 heteroatoms. The minimum absolute atomic E-state index is 0.118. The van der Waals surface area contributed by atoms with Crippen LogP contribution in [0.4, 0.5) is 0 Å². The van der Waals surface area contributed by atoms with Crippen molar-refractivity contribution in [2.75, 3.05) is 13.7 Å². The fraction of sp³-hybridized carbons (Fsp3) is 0.368. The van der Waals surface area contributed by atoms with Gasteiger partial charge in [0, 0.05) is 31.7 Å². The predicted octanol–water partition coefficient (Wildman–Crippen LogP) is 1.62. The molecule has 27 heavy (non-hydrogen) atoms. The fourth-order valence-corrected chi connectivity index (χ4v) is 3.39. The Kier molecular flexibility index (Phi) is 4.49. The van der Waals surface area contributed by atoms with Crippen molar-refractivity contribution >= 4 is 16.8 Å². The molecule has 0 spiro atoms. The minimum Gasteiger partial charge on any atom is -0.384 e. The molecule has 1 atom stereocenters. The van der Waals surface area contributed by atoms with Crippen LogP contribution in [0.25, 0.3) is 10.9 Å². The summed E-state index contributed by atoms with van der Waals surface area (Å²) in [4.78, 5) is 29.8. The van der Waals surface area contributed by atoms with E-state index < -0.39 is 11.9 Å². The first-order chi connectivity index (χ1) is 13.1. The van der Waals surface area contributed by atoms with Crippen LogP contribution in [0.1, 0.15) is 40.6 Å². The number of carbonyl (C=O) groups is 1. The van der Waals surface area contributed by atoms with Gasteiger partial charge in [-0.05, 0) is 25.0 Å². The second-order valence-electron chi connectivity index (χ2n) is 6.62. The van der Waals surface area contributed by atoms with Crippen molar-refractivity contribution in [1.29, 1.82) is 0 Å². The average molecular weight is 368 g/mol. The summed E-state index contributed by atoms with van der Waals surface area (Å²) in [5.41, 5.74) is 1.92. The third-order valence-corrected chi connectivity index (χ3v) is 4.78. The van der Waals surface area contributed by atoms with E-state index in [1.165, 1.54) is 0 Å². The Balaban J connectivity index is 1.58. The number of ether oxygens (including phenoxy) is 1. The van der Waals surface area contributed by atoms with Crippen molar-refractivity contribution in [3.8, 4) is 0 Å². The number of benzene rings is 1. The number of amides is 1. The van der Waals surface area contributed by atoms with Crippen LogP contribution in [0.3, 0.4) is 0 Å². The molecule has 0 bridgehead atoms. The van der Waals surface area contributed by atoms with Gasteiger partial charge in [-0.25, -0.2) is 0 Å². The molecule has 3 heterocycles. The van der Waals surface area contributed by atoms with Gasteiger partial charge < -0.3 is 19.1 Å². The van der Waals surface area contributed by atoms with Crippen LogP contribution in [-0.2, 0) is 24.1 Å². The molecule has 3 aromatic rings. The van der Waals surface area contributed by atoms with E-state index in [1.54, 1.807) is 26.3 Å². The minimum atomic E-state index is -0.513. The normalized spacial score (nSPS) is 13.9. The fourth-order valence-electron chi connectivity index (χ4n) is 3.39. The maximum absolute atomic E-state index is 12.8. The molecule has 0 fully saturated rings. The number of carbonyl (C=O) groups excluding carboxylic acids is 1. The van der Waals surface area contributed by atoms with E-state index in [1.807, 2.05) is 16.7 Å². The number of hydrogen-bond donors (Lipinski definition) is 1. The Morgan fingerprint density at radius 1 is 1.44 bits per heavy atom. The highest BCUT2D eigenvalue weighted by atomic mass is 16.5. The molecule has 8 nitrogen and oxygen atoms in total. The summed E-state index contributed by atoms with van der Waals surface area (Å²) in [5.74, 6) is 0.355. The van der Waals surface area contributed by atoms with E-state index in [0.717, 1.165) is 24.0 Å². The van der Waals surface area contributed by atoms with Crippen molar-refractivity contribution in [3.05, 3.63) is 57.5 Å². The number of aromatic nitrogens is 3. The Morgan fingerprint density at radius 2 is 2.30 bits per heavy atom. The van der Waals surface area contributed by atoms with Gasteiger partial charge in [0.2, 0.25) is 11.3 Å². The van der Waals surface area contributed by atoms with Gasteiger partial charge in [-0.2, -0.15) is 4.98 Å². The SMILES string of the molecule is COCCc1noc([C@H](C)NC(=O)c2cn3c4c(cccc4c2=O)CC3)n1. The van der Waals surface area contributed by atoms with Crippen LogP contribution < -0.4 is 10.7 Å². The van der Waals surface area contributed by atoms with E-state index in [-0.39, 0.29) is 11.0 Å². The lowest BCUT2D eigenvalue weighted by atomic mass is 10.1. The zero-order valence-electron chi connectivity index (χ0n) is 15.2. The van der Waals surface area contributed by atoms with Gasteiger partial charge >= 0.3 is 0 Å². The smallest absolute Gasteiger partial charge is 0.257 e. The molecule has 1 aliphatic rings. The van der Waals surface area contributed by atoms with Crippen LogP contribution in [0.5, 0.6) is 0 Å². The molecular weight excluding hydrogens is 348 g/mol. The number of aryl methyl sites for hydroxylation is 2. The van der Waals surface area contributed by atoms with E-state index in [9.17, 15) is 9.59 Å². The topological polar surface area (TPSA) is 99.3 Å². The molecule has 1 amide bonds. The summed E-state index contributed by atoms with van der Waals surface area (Å²) < 4.78 is 12.2. The van der Waals surface area contributed by atoms with Gasteiger partial charge in [0.15, 0.2) is 5.82 Å². The first kappa shape index (κ1) is 17.4. The molecule has 1 aliphatic heterocycles. The van der Waals surface area contributed by atoms with Crippen LogP contribution in [0.15, 0.2) is 33.7 Å². The summed E-state index contributed by atoms with van der Waals surface area (Å²) in [6.07, 6.45) is 3.03. The van der Waals surface area contributed by atoms with E-state index in [4.69, 9.17) is 9.26 Å². The number of nitrogens with one attached hydrogen (secondary N) is 1. The number of rotatable bonds is 6. The summed E-state index contributed by atoms with van der Waals surface area (Å²) >= 11 is 0. The van der Waals surface area contributed by atoms with Crippen molar-refractivity contribution in [3.63, 3.8) is 0 Å². The molecule has 4 rings (SSSR count). The second-order valence-corrected chi connectivity index (χ2v) is 6.62. The van der Waals surface area contributed by atoms with Crippen molar-refractivity contribution in [2.24, 2.45) is 0 Å². The van der Waals surface area contributed by atoms with Crippen molar-refractivity contribution < 1.29 is 14.1 Å². The highest BCUT2D eigenvalue weighted by molar-refractivity contribution is 5.98. The lowest BCUT2D eigenvalue weighted by Crippen LogP contribution is -2.31. The van der Waals surface area contributed by atoms with Gasteiger partial charge in [-0.1, -0.05) is 17.3 Å². The molecule has 0 aliphatic carbocycles. The predicted molar refractivity (Wildman–Crippen MR) is 97.7 cm³/mol. The van der Waals surface area contributed by atoms with Gasteiger partial charge in [-0.15, -0.1) is 0 Å². The van der Waals surface area contributed by atoms with Crippen LogP contribution >= 0.6 is 0 Å². The Labute approximate surface area is 155 Å². The maximum Gasteiger partial charge on any atom is 0.257 e. The number of nitrogens with zero attached hydrogens (tertiary/aromatic N) is 3. The monoisotopic (exact) mass is 368 g/mol. The summed E-state index contributed by atoms with van der Waals surface area (Å²) in [6.45, 7) is 2.98. The first-order valence-electron chi connectivity index (χ1n) is 8.86. The Morgan fingerprint density at radius 3 is 3.11 bits per heavy atom. The van der Waals surface area contributed by atoms with Gasteiger partial charge in [0.25, 0.3) is 5.91 Å². The number of pyridine rings is 1. The van der Waals surface area contributed by atoms with Gasteiger partial charge in [0.05, 0.1) is 12.1 Å². The van der Waals surface area contributed by atoms with Gasteiger partial charge in [0.1, 0.15) is 11.6 Å². The molecule has 2 aromatic heterocycles. The van der Waals surface area contributed by atoms with E-state index in [2.05, 4.69) is 15.5 Å². The summed E-state index contributed by atoms with van der Waals surface area (Å²) in [5, 5.41) is 7.21. The molecular formula is C19H20N4O4. The van der Waals surface area contributed by atoms with Crippen molar-refractivity contribution in [1.82, 2.24) is 20.0 Å². The van der Waals surface area contributed by atoms with Crippen molar-refractivity contribution in [2.45, 2.75) is 32.4 Å². The third kappa shape index (κ3) is 3.12. The Bertz CT molecular complexity index is 1070. The largest absolute Gasteiger partial charge is 0.384 e. The second kappa shape index (κ2) is 6.96. The van der Waals surface area contributed by atoms with Crippen LogP contribution in [-0.4, -0.2) is 34.3 Å². The zero-order chi connectivity index (χ0) is 19.0. The average Bonchev–Trinajstić information content (AvgIpc) is 3.30. The van der Waals surface area contributed by atoms with Crippen LogP contribution in [0.2, 0.25) is 0 Å². The molecule has 0 unspecified atom stereocenters. The quantitative estimate of drug-likeness (QED) is 0.710. The van der Waals surface area contributed by atoms with Gasteiger partial charge in [-0.3, -0.25) is 9.59 Å². The molecule has 0 saturated heterocycles. The molecule has 140 valence electrons. The summed E-state index contributed by atoms with van der Waals surface area (Å²) in [6, 6.07) is 5.13. The number of methoxy groups -OCH3 is 1. The lowest BCUT2D eigenvalue weighted by Gasteiger charge is -2.11. The third-order valence-electron chi connectivity index (χ3n) is 4.78. The zero-order valence-corrected chi connectivity index (χ0v) is 15.2.